The number of hydroxylamine groups is 1. The van der Waals surface area contributed by atoms with E-state index in [1.165, 1.54) is 6.07 Å². The fourth-order valence-corrected chi connectivity index (χ4v) is 3.42. The molecule has 2 atom stereocenters. The van der Waals surface area contributed by atoms with Crippen LogP contribution in [0.25, 0.3) is 0 Å². The van der Waals surface area contributed by atoms with E-state index in [0.29, 0.717) is 5.69 Å². The third-order valence-corrected chi connectivity index (χ3v) is 5.22. The van der Waals surface area contributed by atoms with Gasteiger partial charge in [0.2, 0.25) is 0 Å². The number of amides is 1. The third kappa shape index (κ3) is 4.74. The monoisotopic (exact) mass is 488 g/mol. The summed E-state index contributed by atoms with van der Waals surface area (Å²) in [6.45, 7) is 2.19. The zero-order valence-corrected chi connectivity index (χ0v) is 16.7. The zero-order valence-electron chi connectivity index (χ0n) is 14.6. The molecule has 1 saturated carbocycles. The van der Waals surface area contributed by atoms with Gasteiger partial charge in [0.25, 0.3) is 5.91 Å². The molecule has 1 aliphatic carbocycles. The van der Waals surface area contributed by atoms with E-state index in [2.05, 4.69) is 33.4 Å². The number of aliphatic hydroxyl groups excluding tert-OH is 1. The van der Waals surface area contributed by atoms with Crippen molar-refractivity contribution in [1.29, 1.82) is 0 Å². The van der Waals surface area contributed by atoms with Crippen molar-refractivity contribution in [2.24, 2.45) is 11.8 Å². The van der Waals surface area contributed by atoms with Crippen LogP contribution in [0.5, 0.6) is 0 Å². The molecule has 2 aromatic carbocycles. The van der Waals surface area contributed by atoms with E-state index in [4.69, 9.17) is 9.94 Å². The molecular formula is C19H19F2IN2O3. The van der Waals surface area contributed by atoms with Crippen LogP contribution >= 0.6 is 22.6 Å². The summed E-state index contributed by atoms with van der Waals surface area (Å²) in [7, 11) is 0. The van der Waals surface area contributed by atoms with Crippen LogP contribution in [0.15, 0.2) is 30.3 Å². The van der Waals surface area contributed by atoms with E-state index in [-0.39, 0.29) is 36.3 Å². The molecule has 27 heavy (non-hydrogen) atoms. The quantitative estimate of drug-likeness (QED) is 0.409. The molecule has 0 heterocycles. The maximum absolute atomic E-state index is 14.4. The molecule has 3 rings (SSSR count). The lowest BCUT2D eigenvalue weighted by molar-refractivity contribution is 0.0248. The molecule has 2 unspecified atom stereocenters. The fourth-order valence-electron chi connectivity index (χ4n) is 2.77. The molecule has 0 aliphatic heterocycles. The number of halogens is 3. The predicted molar refractivity (Wildman–Crippen MR) is 106 cm³/mol. The molecule has 0 bridgehead atoms. The summed E-state index contributed by atoms with van der Waals surface area (Å²) in [6, 6.07) is 7.55. The number of rotatable bonds is 7. The molecule has 1 aliphatic rings. The van der Waals surface area contributed by atoms with Crippen molar-refractivity contribution >= 4 is 39.9 Å². The SMILES string of the molecule is Cc1cc(I)ccc1Nc1c(C(=O)NOCC2CC2CO)ccc(F)c1F. The Labute approximate surface area is 169 Å². The molecule has 5 nitrogen and oxygen atoms in total. The van der Waals surface area contributed by atoms with Gasteiger partial charge >= 0.3 is 0 Å². The van der Waals surface area contributed by atoms with Gasteiger partial charge in [-0.15, -0.1) is 0 Å². The Morgan fingerprint density at radius 1 is 1.30 bits per heavy atom. The number of aryl methyl sites for hydroxylation is 1. The highest BCUT2D eigenvalue weighted by atomic mass is 127. The summed E-state index contributed by atoms with van der Waals surface area (Å²) in [5.74, 6) is -2.47. The van der Waals surface area contributed by atoms with E-state index >= 15 is 0 Å². The third-order valence-electron chi connectivity index (χ3n) is 4.55. The first kappa shape index (κ1) is 20.0. The fraction of sp³-hybridized carbons (Fsp3) is 0.316. The zero-order chi connectivity index (χ0) is 19.6. The summed E-state index contributed by atoms with van der Waals surface area (Å²) in [5, 5.41) is 11.8. The summed E-state index contributed by atoms with van der Waals surface area (Å²) in [4.78, 5) is 17.6. The van der Waals surface area contributed by atoms with Crippen molar-refractivity contribution in [2.75, 3.05) is 18.5 Å². The number of anilines is 2. The molecular weight excluding hydrogens is 469 g/mol. The van der Waals surface area contributed by atoms with Gasteiger partial charge in [0.05, 0.1) is 17.9 Å². The number of hydrogen-bond donors (Lipinski definition) is 3. The molecule has 0 saturated heterocycles. The first-order chi connectivity index (χ1) is 12.9. The number of benzene rings is 2. The van der Waals surface area contributed by atoms with E-state index < -0.39 is 17.5 Å². The first-order valence-corrected chi connectivity index (χ1v) is 9.52. The van der Waals surface area contributed by atoms with Gasteiger partial charge in [-0.1, -0.05) is 0 Å². The Hall–Kier alpha value is -1.78. The summed E-state index contributed by atoms with van der Waals surface area (Å²) < 4.78 is 29.1. The maximum Gasteiger partial charge on any atom is 0.277 e. The van der Waals surface area contributed by atoms with Crippen LogP contribution in [0, 0.1) is 34.0 Å². The van der Waals surface area contributed by atoms with Gasteiger partial charge in [0.15, 0.2) is 11.6 Å². The lowest BCUT2D eigenvalue weighted by Crippen LogP contribution is -2.26. The number of carbonyl (C=O) groups is 1. The van der Waals surface area contributed by atoms with Gasteiger partial charge < -0.3 is 10.4 Å². The lowest BCUT2D eigenvalue weighted by atomic mass is 10.1. The van der Waals surface area contributed by atoms with Gasteiger partial charge in [-0.3, -0.25) is 9.63 Å². The maximum atomic E-state index is 14.4. The van der Waals surface area contributed by atoms with Crippen LogP contribution in [0.4, 0.5) is 20.2 Å². The lowest BCUT2D eigenvalue weighted by Gasteiger charge is -2.15. The van der Waals surface area contributed by atoms with E-state index in [1.54, 1.807) is 6.07 Å². The first-order valence-electron chi connectivity index (χ1n) is 8.45. The molecule has 8 heteroatoms. The van der Waals surface area contributed by atoms with Crippen LogP contribution < -0.4 is 10.8 Å². The average molecular weight is 488 g/mol. The Morgan fingerprint density at radius 3 is 2.74 bits per heavy atom. The Bertz CT molecular complexity index is 863. The Balaban J connectivity index is 1.76. The highest BCUT2D eigenvalue weighted by Crippen LogP contribution is 2.37. The number of aliphatic hydroxyl groups is 1. The topological polar surface area (TPSA) is 70.6 Å². The second kappa shape index (κ2) is 8.49. The van der Waals surface area contributed by atoms with Crippen LogP contribution in [0.2, 0.25) is 0 Å². The minimum Gasteiger partial charge on any atom is -0.396 e. The van der Waals surface area contributed by atoms with Gasteiger partial charge in [-0.05, 0) is 83.7 Å². The van der Waals surface area contributed by atoms with E-state index in [9.17, 15) is 13.6 Å². The van der Waals surface area contributed by atoms with Gasteiger partial charge in [0.1, 0.15) is 0 Å². The van der Waals surface area contributed by atoms with Crippen LogP contribution in [0.1, 0.15) is 22.3 Å². The molecule has 0 spiro atoms. The molecule has 0 radical (unpaired) electrons. The van der Waals surface area contributed by atoms with E-state index in [0.717, 1.165) is 21.6 Å². The normalized spacial score (nSPS) is 18.3. The second-order valence-electron chi connectivity index (χ2n) is 6.55. The second-order valence-corrected chi connectivity index (χ2v) is 7.79. The number of hydrogen-bond acceptors (Lipinski definition) is 4. The van der Waals surface area contributed by atoms with Gasteiger partial charge in [-0.25, -0.2) is 14.3 Å². The minimum atomic E-state index is -1.14. The molecule has 3 N–H and O–H groups in total. The average Bonchev–Trinajstić information content (AvgIpc) is 3.39. The summed E-state index contributed by atoms with van der Waals surface area (Å²) >= 11 is 2.15. The van der Waals surface area contributed by atoms with Crippen LogP contribution in [-0.2, 0) is 4.84 Å². The van der Waals surface area contributed by atoms with Crippen LogP contribution in [0.3, 0.4) is 0 Å². The van der Waals surface area contributed by atoms with Gasteiger partial charge in [-0.2, -0.15) is 0 Å². The highest BCUT2D eigenvalue weighted by molar-refractivity contribution is 14.1. The summed E-state index contributed by atoms with van der Waals surface area (Å²) in [6.07, 6.45) is 0.844. The highest BCUT2D eigenvalue weighted by Gasteiger charge is 2.36. The molecule has 1 fully saturated rings. The van der Waals surface area contributed by atoms with Gasteiger partial charge in [0, 0.05) is 15.9 Å². The van der Waals surface area contributed by atoms with Crippen molar-refractivity contribution < 1.29 is 23.5 Å². The van der Waals surface area contributed by atoms with Crippen LogP contribution in [-0.4, -0.2) is 24.2 Å². The van der Waals surface area contributed by atoms with E-state index in [1.807, 2.05) is 19.1 Å². The summed E-state index contributed by atoms with van der Waals surface area (Å²) in [5.41, 5.74) is 3.34. The molecule has 0 aromatic heterocycles. The van der Waals surface area contributed by atoms with Crippen molar-refractivity contribution in [3.63, 3.8) is 0 Å². The molecule has 2 aromatic rings. The predicted octanol–water partition coefficient (Wildman–Crippen LogP) is 3.91. The largest absolute Gasteiger partial charge is 0.396 e. The minimum absolute atomic E-state index is 0.0682. The molecule has 1 amide bonds. The number of carbonyl (C=O) groups excluding carboxylic acids is 1. The van der Waals surface area contributed by atoms with Crippen molar-refractivity contribution in [2.45, 2.75) is 13.3 Å². The van der Waals surface area contributed by atoms with Crippen molar-refractivity contribution in [1.82, 2.24) is 5.48 Å². The standard InChI is InChI=1S/C19H19F2IN2O3/c1-10-6-13(22)2-5-16(10)23-18-14(3-4-15(20)17(18)21)19(26)24-27-9-12-7-11(12)8-25/h2-6,11-12,23,25H,7-9H2,1H3,(H,24,26). The van der Waals surface area contributed by atoms with Crippen molar-refractivity contribution in [3.05, 3.63) is 56.7 Å². The molecule has 144 valence electrons. The number of nitrogens with one attached hydrogen (secondary N) is 2. The van der Waals surface area contributed by atoms with Crippen molar-refractivity contribution in [3.8, 4) is 0 Å². The Morgan fingerprint density at radius 2 is 2.07 bits per heavy atom. The smallest absolute Gasteiger partial charge is 0.277 e. The Kier molecular flexibility index (Phi) is 6.28.